The van der Waals surface area contributed by atoms with Crippen molar-refractivity contribution in [1.29, 1.82) is 0 Å². The van der Waals surface area contributed by atoms with Crippen molar-refractivity contribution in [1.82, 2.24) is 10.3 Å². The number of hydrogen-bond donors (Lipinski definition) is 1. The lowest BCUT2D eigenvalue weighted by Crippen LogP contribution is -2.20. The second-order valence-electron chi connectivity index (χ2n) is 4.66. The van der Waals surface area contributed by atoms with E-state index in [1.54, 1.807) is 7.11 Å². The first-order valence-corrected chi connectivity index (χ1v) is 6.35. The van der Waals surface area contributed by atoms with Gasteiger partial charge in [-0.1, -0.05) is 13.8 Å². The monoisotopic (exact) mass is 240 g/mol. The van der Waals surface area contributed by atoms with Crippen molar-refractivity contribution in [2.45, 2.75) is 33.1 Å². The highest BCUT2D eigenvalue weighted by molar-refractivity contribution is 4.95. The van der Waals surface area contributed by atoms with E-state index in [4.69, 9.17) is 9.15 Å². The molecule has 0 unspecified atom stereocenters. The molecule has 0 bridgehead atoms. The Morgan fingerprint density at radius 2 is 2.24 bits per heavy atom. The third-order valence-corrected chi connectivity index (χ3v) is 2.44. The van der Waals surface area contributed by atoms with E-state index in [0.29, 0.717) is 5.92 Å². The summed E-state index contributed by atoms with van der Waals surface area (Å²) in [5, 5.41) is 3.30. The third kappa shape index (κ3) is 6.44. The van der Waals surface area contributed by atoms with Crippen molar-refractivity contribution in [2.24, 2.45) is 5.92 Å². The number of methoxy groups -OCH3 is 1. The molecule has 1 aromatic heterocycles. The van der Waals surface area contributed by atoms with Crippen molar-refractivity contribution in [3.05, 3.63) is 17.8 Å². The van der Waals surface area contributed by atoms with E-state index in [-0.39, 0.29) is 0 Å². The number of nitrogens with zero attached hydrogens (tertiary/aromatic N) is 1. The lowest BCUT2D eigenvalue weighted by atomic mass is 10.1. The summed E-state index contributed by atoms with van der Waals surface area (Å²) < 4.78 is 10.6. The molecule has 98 valence electrons. The predicted molar refractivity (Wildman–Crippen MR) is 68.1 cm³/mol. The predicted octanol–water partition coefficient (Wildman–Crippen LogP) is 2.04. The molecule has 4 nitrogen and oxygen atoms in total. The molecular weight excluding hydrogens is 216 g/mol. The van der Waals surface area contributed by atoms with E-state index < -0.39 is 0 Å². The molecule has 1 rings (SSSR count). The van der Waals surface area contributed by atoms with Crippen LogP contribution in [0.3, 0.4) is 0 Å². The van der Waals surface area contributed by atoms with Gasteiger partial charge in [0.1, 0.15) is 5.76 Å². The van der Waals surface area contributed by atoms with Gasteiger partial charge in [-0.05, 0) is 18.9 Å². The molecular formula is C13H24N2O2. The Labute approximate surface area is 104 Å². The number of aromatic nitrogens is 1. The molecule has 1 N–H and O–H groups in total. The van der Waals surface area contributed by atoms with Crippen LogP contribution >= 0.6 is 0 Å². The zero-order valence-electron chi connectivity index (χ0n) is 11.2. The maximum atomic E-state index is 5.66. The molecule has 0 aliphatic heterocycles. The van der Waals surface area contributed by atoms with E-state index in [2.05, 4.69) is 24.1 Å². The first-order chi connectivity index (χ1) is 8.22. The molecule has 0 aliphatic rings. The standard InChI is InChI=1S/C13H24N2O2/c1-11(2)9-12-10-15-13(17-12)5-4-6-14-7-8-16-3/h10-11,14H,4-9H2,1-3H3. The van der Waals surface area contributed by atoms with Gasteiger partial charge in [0, 0.05) is 26.5 Å². The summed E-state index contributed by atoms with van der Waals surface area (Å²) in [7, 11) is 1.71. The van der Waals surface area contributed by atoms with Crippen molar-refractivity contribution < 1.29 is 9.15 Å². The molecule has 4 heteroatoms. The maximum Gasteiger partial charge on any atom is 0.194 e. The fourth-order valence-electron chi connectivity index (χ4n) is 1.62. The van der Waals surface area contributed by atoms with Crippen LogP contribution in [0, 0.1) is 5.92 Å². The SMILES string of the molecule is COCCNCCCc1ncc(CC(C)C)o1. The summed E-state index contributed by atoms with van der Waals surface area (Å²) >= 11 is 0. The minimum Gasteiger partial charge on any atom is -0.446 e. The van der Waals surface area contributed by atoms with Crippen LogP contribution in [0.4, 0.5) is 0 Å². The van der Waals surface area contributed by atoms with Crippen LogP contribution in [0.1, 0.15) is 31.9 Å². The van der Waals surface area contributed by atoms with Crippen molar-refractivity contribution in [3.63, 3.8) is 0 Å². The molecule has 1 aromatic rings. The Hall–Kier alpha value is -0.870. The minimum absolute atomic E-state index is 0.617. The van der Waals surface area contributed by atoms with Crippen LogP contribution in [0.15, 0.2) is 10.6 Å². The largest absolute Gasteiger partial charge is 0.446 e. The summed E-state index contributed by atoms with van der Waals surface area (Å²) in [5.74, 6) is 2.48. The Balaban J connectivity index is 2.12. The van der Waals surface area contributed by atoms with Crippen molar-refractivity contribution in [2.75, 3.05) is 26.8 Å². The van der Waals surface area contributed by atoms with E-state index >= 15 is 0 Å². The molecule has 1 heterocycles. The van der Waals surface area contributed by atoms with Crippen LogP contribution in [0.5, 0.6) is 0 Å². The van der Waals surface area contributed by atoms with E-state index in [1.807, 2.05) is 6.20 Å². The van der Waals surface area contributed by atoms with Gasteiger partial charge in [-0.15, -0.1) is 0 Å². The maximum absolute atomic E-state index is 5.66. The molecule has 0 fully saturated rings. The summed E-state index contributed by atoms with van der Waals surface area (Å²) in [6.45, 7) is 7.01. The summed E-state index contributed by atoms with van der Waals surface area (Å²) in [5.41, 5.74) is 0. The quantitative estimate of drug-likeness (QED) is 0.671. The average molecular weight is 240 g/mol. The zero-order valence-corrected chi connectivity index (χ0v) is 11.2. The number of oxazole rings is 1. The highest BCUT2D eigenvalue weighted by atomic mass is 16.5. The van der Waals surface area contributed by atoms with E-state index in [9.17, 15) is 0 Å². The zero-order chi connectivity index (χ0) is 12.5. The topological polar surface area (TPSA) is 47.3 Å². The van der Waals surface area contributed by atoms with Gasteiger partial charge in [0.2, 0.25) is 0 Å². The Kier molecular flexibility index (Phi) is 6.89. The van der Waals surface area contributed by atoms with Crippen LogP contribution in [-0.2, 0) is 17.6 Å². The molecule has 0 aromatic carbocycles. The van der Waals surface area contributed by atoms with Crippen LogP contribution < -0.4 is 5.32 Å². The van der Waals surface area contributed by atoms with E-state index in [0.717, 1.165) is 50.6 Å². The first-order valence-electron chi connectivity index (χ1n) is 6.35. The molecule has 0 spiro atoms. The second-order valence-corrected chi connectivity index (χ2v) is 4.66. The van der Waals surface area contributed by atoms with Crippen LogP contribution in [0.25, 0.3) is 0 Å². The molecule has 0 aliphatic carbocycles. The summed E-state index contributed by atoms with van der Waals surface area (Å²) in [6, 6.07) is 0. The minimum atomic E-state index is 0.617. The smallest absolute Gasteiger partial charge is 0.194 e. The van der Waals surface area contributed by atoms with Gasteiger partial charge in [-0.3, -0.25) is 0 Å². The van der Waals surface area contributed by atoms with Gasteiger partial charge in [-0.2, -0.15) is 0 Å². The normalized spacial score (nSPS) is 11.3. The number of nitrogens with one attached hydrogen (secondary N) is 1. The van der Waals surface area contributed by atoms with E-state index in [1.165, 1.54) is 0 Å². The molecule has 17 heavy (non-hydrogen) atoms. The number of ether oxygens (including phenoxy) is 1. The number of hydrogen-bond acceptors (Lipinski definition) is 4. The van der Waals surface area contributed by atoms with Gasteiger partial charge in [0.25, 0.3) is 0 Å². The van der Waals surface area contributed by atoms with Gasteiger partial charge in [0.05, 0.1) is 12.8 Å². The highest BCUT2D eigenvalue weighted by Gasteiger charge is 2.05. The van der Waals surface area contributed by atoms with Gasteiger partial charge >= 0.3 is 0 Å². The highest BCUT2D eigenvalue weighted by Crippen LogP contribution is 2.10. The van der Waals surface area contributed by atoms with Crippen molar-refractivity contribution in [3.8, 4) is 0 Å². The lowest BCUT2D eigenvalue weighted by Gasteiger charge is -2.02. The first kappa shape index (κ1) is 14.2. The van der Waals surface area contributed by atoms with Crippen LogP contribution in [-0.4, -0.2) is 31.8 Å². The number of aryl methyl sites for hydroxylation is 1. The number of rotatable bonds is 9. The van der Waals surface area contributed by atoms with Gasteiger partial charge < -0.3 is 14.5 Å². The summed E-state index contributed by atoms with van der Waals surface area (Å²) in [6.07, 6.45) is 4.77. The Morgan fingerprint density at radius 1 is 1.41 bits per heavy atom. The fourth-order valence-corrected chi connectivity index (χ4v) is 1.62. The van der Waals surface area contributed by atoms with Gasteiger partial charge in [-0.25, -0.2) is 4.98 Å². The average Bonchev–Trinajstić information content (AvgIpc) is 2.70. The molecule has 0 saturated heterocycles. The Morgan fingerprint density at radius 3 is 2.94 bits per heavy atom. The van der Waals surface area contributed by atoms with Crippen molar-refractivity contribution >= 4 is 0 Å². The van der Waals surface area contributed by atoms with Crippen LogP contribution in [0.2, 0.25) is 0 Å². The molecule has 0 amide bonds. The van der Waals surface area contributed by atoms with Gasteiger partial charge in [0.15, 0.2) is 5.89 Å². The lowest BCUT2D eigenvalue weighted by molar-refractivity contribution is 0.199. The Bertz CT molecular complexity index is 297. The fraction of sp³-hybridized carbons (Fsp3) is 0.769. The molecule has 0 atom stereocenters. The third-order valence-electron chi connectivity index (χ3n) is 2.44. The molecule has 0 radical (unpaired) electrons. The second kappa shape index (κ2) is 8.25. The summed E-state index contributed by atoms with van der Waals surface area (Å²) in [4.78, 5) is 4.28. The molecule has 0 saturated carbocycles.